The first kappa shape index (κ1) is 13.9. The lowest BCUT2D eigenvalue weighted by Gasteiger charge is -1.98. The molecule has 0 saturated carbocycles. The number of allylic oxidation sites excluding steroid dienone is 2. The van der Waals surface area contributed by atoms with Gasteiger partial charge >= 0.3 is 0 Å². The lowest BCUT2D eigenvalue weighted by molar-refractivity contribution is -0.114. The van der Waals surface area contributed by atoms with Crippen molar-refractivity contribution in [1.82, 2.24) is 0 Å². The summed E-state index contributed by atoms with van der Waals surface area (Å²) in [6, 6.07) is 18.8. The topological polar surface area (TPSA) is 34.1 Å². The van der Waals surface area contributed by atoms with Gasteiger partial charge in [0.25, 0.3) is 0 Å². The van der Waals surface area contributed by atoms with Gasteiger partial charge in [-0.25, -0.2) is 0 Å². The van der Waals surface area contributed by atoms with Crippen molar-refractivity contribution in [3.63, 3.8) is 0 Å². The Labute approximate surface area is 118 Å². The molecule has 0 amide bonds. The van der Waals surface area contributed by atoms with Crippen LogP contribution in [0.25, 0.3) is 0 Å². The van der Waals surface area contributed by atoms with Crippen LogP contribution in [-0.2, 0) is 11.2 Å². The number of ketones is 2. The average molecular weight is 264 g/mol. The van der Waals surface area contributed by atoms with Gasteiger partial charge in [-0.15, -0.1) is 0 Å². The second kappa shape index (κ2) is 7.19. The Morgan fingerprint density at radius 3 is 2.05 bits per heavy atom. The summed E-state index contributed by atoms with van der Waals surface area (Å²) < 4.78 is 0. The number of carbonyl (C=O) groups excluding carboxylic acids is 2. The summed E-state index contributed by atoms with van der Waals surface area (Å²) in [5, 5.41) is 0. The fourth-order valence-corrected chi connectivity index (χ4v) is 1.86. The zero-order valence-electron chi connectivity index (χ0n) is 11.2. The van der Waals surface area contributed by atoms with Crippen molar-refractivity contribution in [1.29, 1.82) is 0 Å². The van der Waals surface area contributed by atoms with Gasteiger partial charge in [-0.3, -0.25) is 9.59 Å². The summed E-state index contributed by atoms with van der Waals surface area (Å²) in [6.07, 6.45) is 3.84. The minimum atomic E-state index is -0.140. The smallest absolute Gasteiger partial charge is 0.185 e. The highest BCUT2D eigenvalue weighted by Crippen LogP contribution is 2.04. The van der Waals surface area contributed by atoms with Gasteiger partial charge in [0.05, 0.1) is 0 Å². The highest BCUT2D eigenvalue weighted by Gasteiger charge is 2.02. The molecule has 20 heavy (non-hydrogen) atoms. The van der Waals surface area contributed by atoms with Crippen molar-refractivity contribution in [2.75, 3.05) is 0 Å². The Morgan fingerprint density at radius 2 is 1.40 bits per heavy atom. The Bertz CT molecular complexity index is 598. The first-order valence-electron chi connectivity index (χ1n) is 6.60. The van der Waals surface area contributed by atoms with Crippen LogP contribution < -0.4 is 0 Å². The highest BCUT2D eigenvalue weighted by molar-refractivity contribution is 6.07. The van der Waals surface area contributed by atoms with Crippen LogP contribution in [0, 0.1) is 0 Å². The van der Waals surface area contributed by atoms with Crippen molar-refractivity contribution in [3.8, 4) is 0 Å². The quantitative estimate of drug-likeness (QED) is 0.590. The molecule has 2 rings (SSSR count). The number of aryl methyl sites for hydroxylation is 1. The van der Waals surface area contributed by atoms with Crippen molar-refractivity contribution in [2.24, 2.45) is 0 Å². The van der Waals surface area contributed by atoms with Gasteiger partial charge in [0.1, 0.15) is 0 Å². The summed E-state index contributed by atoms with van der Waals surface area (Å²) in [4.78, 5) is 23.5. The van der Waals surface area contributed by atoms with Gasteiger partial charge < -0.3 is 0 Å². The molecular weight excluding hydrogens is 248 g/mol. The Balaban J connectivity index is 1.85. The fourth-order valence-electron chi connectivity index (χ4n) is 1.86. The van der Waals surface area contributed by atoms with Gasteiger partial charge in [0.2, 0.25) is 0 Å². The third-order valence-corrected chi connectivity index (χ3v) is 2.98. The van der Waals surface area contributed by atoms with Crippen LogP contribution in [-0.4, -0.2) is 11.6 Å². The molecule has 2 nitrogen and oxygen atoms in total. The molecule has 0 spiro atoms. The maximum absolute atomic E-state index is 11.8. The molecule has 2 aromatic carbocycles. The monoisotopic (exact) mass is 264 g/mol. The zero-order chi connectivity index (χ0) is 14.2. The summed E-state index contributed by atoms with van der Waals surface area (Å²) in [5.74, 6) is -0.170. The third-order valence-electron chi connectivity index (χ3n) is 2.98. The van der Waals surface area contributed by atoms with E-state index in [1.807, 2.05) is 36.4 Å². The minimum Gasteiger partial charge on any atom is -0.295 e. The molecule has 0 aliphatic carbocycles. The van der Waals surface area contributed by atoms with Crippen LogP contribution in [0.1, 0.15) is 22.3 Å². The predicted octanol–water partition coefficient (Wildman–Crippen LogP) is 3.63. The summed E-state index contributed by atoms with van der Waals surface area (Å²) in [5.41, 5.74) is 1.73. The molecule has 100 valence electrons. The maximum Gasteiger partial charge on any atom is 0.185 e. The number of hydrogen-bond acceptors (Lipinski definition) is 2. The van der Waals surface area contributed by atoms with E-state index in [-0.39, 0.29) is 11.6 Å². The molecule has 0 atom stereocenters. The van der Waals surface area contributed by atoms with Gasteiger partial charge in [-0.05, 0) is 24.1 Å². The minimum absolute atomic E-state index is 0.0295. The molecule has 0 bridgehead atoms. The second-order valence-electron chi connectivity index (χ2n) is 4.52. The maximum atomic E-state index is 11.8. The lowest BCUT2D eigenvalue weighted by Crippen LogP contribution is -1.99. The molecule has 0 fully saturated rings. The summed E-state index contributed by atoms with van der Waals surface area (Å²) in [7, 11) is 0. The van der Waals surface area contributed by atoms with E-state index in [9.17, 15) is 9.59 Å². The van der Waals surface area contributed by atoms with Crippen molar-refractivity contribution >= 4 is 11.6 Å². The molecule has 0 aromatic heterocycles. The Kier molecular flexibility index (Phi) is 5.01. The highest BCUT2D eigenvalue weighted by atomic mass is 16.1. The summed E-state index contributed by atoms with van der Waals surface area (Å²) in [6.45, 7) is 0. The average Bonchev–Trinajstić information content (AvgIpc) is 2.52. The van der Waals surface area contributed by atoms with E-state index in [0.717, 1.165) is 5.56 Å². The van der Waals surface area contributed by atoms with E-state index in [1.54, 1.807) is 24.3 Å². The van der Waals surface area contributed by atoms with Crippen LogP contribution in [0.15, 0.2) is 72.8 Å². The van der Waals surface area contributed by atoms with Crippen LogP contribution in [0.5, 0.6) is 0 Å². The second-order valence-corrected chi connectivity index (χ2v) is 4.52. The summed E-state index contributed by atoms with van der Waals surface area (Å²) >= 11 is 0. The van der Waals surface area contributed by atoms with E-state index >= 15 is 0 Å². The first-order valence-corrected chi connectivity index (χ1v) is 6.60. The third kappa shape index (κ3) is 4.32. The number of benzene rings is 2. The Hall–Kier alpha value is -2.48. The van der Waals surface area contributed by atoms with Crippen molar-refractivity contribution in [2.45, 2.75) is 12.8 Å². The van der Waals surface area contributed by atoms with Gasteiger partial charge in [0.15, 0.2) is 11.6 Å². The van der Waals surface area contributed by atoms with Crippen molar-refractivity contribution in [3.05, 3.63) is 83.9 Å². The largest absolute Gasteiger partial charge is 0.295 e. The SMILES string of the molecule is O=C(/C=C\C(=O)c1ccccc1)CCc1ccccc1. The molecule has 0 N–H and O–H groups in total. The lowest BCUT2D eigenvalue weighted by atomic mass is 10.1. The Morgan fingerprint density at radius 1 is 0.800 bits per heavy atom. The van der Waals surface area contributed by atoms with Gasteiger partial charge in [-0.2, -0.15) is 0 Å². The molecule has 0 saturated heterocycles. The predicted molar refractivity (Wildman–Crippen MR) is 79.7 cm³/mol. The van der Waals surface area contributed by atoms with Crippen LogP contribution in [0.2, 0.25) is 0 Å². The number of rotatable bonds is 6. The number of carbonyl (C=O) groups is 2. The van der Waals surface area contributed by atoms with E-state index in [2.05, 4.69) is 0 Å². The molecular formula is C18H16O2. The standard InChI is InChI=1S/C18H16O2/c19-17(12-11-15-7-3-1-4-8-15)13-14-18(20)16-9-5-2-6-10-16/h1-10,13-14H,11-12H2/b14-13-. The fraction of sp³-hybridized carbons (Fsp3) is 0.111. The van der Waals surface area contributed by atoms with E-state index < -0.39 is 0 Å². The van der Waals surface area contributed by atoms with Crippen molar-refractivity contribution < 1.29 is 9.59 Å². The molecule has 0 heterocycles. The van der Waals surface area contributed by atoms with Crippen LogP contribution >= 0.6 is 0 Å². The molecule has 0 unspecified atom stereocenters. The first-order chi connectivity index (χ1) is 9.75. The molecule has 2 heteroatoms. The molecule has 0 aliphatic heterocycles. The molecule has 0 radical (unpaired) electrons. The zero-order valence-corrected chi connectivity index (χ0v) is 11.2. The molecule has 0 aliphatic rings. The van der Waals surface area contributed by atoms with E-state index in [1.165, 1.54) is 12.2 Å². The van der Waals surface area contributed by atoms with E-state index in [0.29, 0.717) is 18.4 Å². The molecule has 2 aromatic rings. The van der Waals surface area contributed by atoms with Gasteiger partial charge in [0, 0.05) is 12.0 Å². The normalized spacial score (nSPS) is 10.6. The van der Waals surface area contributed by atoms with Gasteiger partial charge in [-0.1, -0.05) is 60.7 Å². The van der Waals surface area contributed by atoms with Crippen LogP contribution in [0.3, 0.4) is 0 Å². The van der Waals surface area contributed by atoms with E-state index in [4.69, 9.17) is 0 Å². The van der Waals surface area contributed by atoms with Crippen LogP contribution in [0.4, 0.5) is 0 Å². The number of hydrogen-bond donors (Lipinski definition) is 0.